The second-order valence-electron chi connectivity index (χ2n) is 7.35. The van der Waals surface area contributed by atoms with E-state index in [1.165, 1.54) is 11.9 Å². The minimum Gasteiger partial charge on any atom is -0.355 e. The number of anilines is 1. The molecular weight excluding hydrogens is 354 g/mol. The first kappa shape index (κ1) is 18.4. The van der Waals surface area contributed by atoms with E-state index in [1.54, 1.807) is 0 Å². The highest BCUT2D eigenvalue weighted by molar-refractivity contribution is 5.88. The van der Waals surface area contributed by atoms with Crippen molar-refractivity contribution in [1.29, 1.82) is 0 Å². The zero-order valence-electron chi connectivity index (χ0n) is 16.3. The molecule has 1 aromatic carbocycles. The van der Waals surface area contributed by atoms with E-state index in [2.05, 4.69) is 56.5 Å². The second kappa shape index (κ2) is 7.96. The lowest BCUT2D eigenvalue weighted by Gasteiger charge is -2.33. The van der Waals surface area contributed by atoms with E-state index >= 15 is 0 Å². The van der Waals surface area contributed by atoms with Gasteiger partial charge in [0.25, 0.3) is 5.71 Å². The van der Waals surface area contributed by atoms with E-state index < -0.39 is 0 Å². The SMILES string of the molecule is CCc1noc2ncnc(N3CCC[C@H](C(=O)NCc4ccc(C)cc4)C3)c12. The predicted octanol–water partition coefficient (Wildman–Crippen LogP) is 3.02. The number of piperidine rings is 1. The van der Waals surface area contributed by atoms with Gasteiger partial charge in [-0.25, -0.2) is 4.98 Å². The molecule has 1 aliphatic rings. The molecule has 1 amide bonds. The number of hydrogen-bond donors (Lipinski definition) is 1. The molecule has 0 saturated carbocycles. The van der Waals surface area contributed by atoms with Gasteiger partial charge in [-0.3, -0.25) is 4.79 Å². The minimum atomic E-state index is -0.0610. The van der Waals surface area contributed by atoms with Crippen molar-refractivity contribution in [2.45, 2.75) is 39.7 Å². The van der Waals surface area contributed by atoms with Crippen LogP contribution in [0, 0.1) is 12.8 Å². The predicted molar refractivity (Wildman–Crippen MR) is 107 cm³/mol. The fourth-order valence-corrected chi connectivity index (χ4v) is 3.73. The summed E-state index contributed by atoms with van der Waals surface area (Å²) in [5, 5.41) is 8.06. The zero-order valence-corrected chi connectivity index (χ0v) is 16.3. The fraction of sp³-hybridized carbons (Fsp3) is 0.429. The van der Waals surface area contributed by atoms with Crippen LogP contribution in [0.15, 0.2) is 35.1 Å². The van der Waals surface area contributed by atoms with E-state index in [4.69, 9.17) is 4.52 Å². The average Bonchev–Trinajstić information content (AvgIpc) is 3.16. The van der Waals surface area contributed by atoms with Gasteiger partial charge >= 0.3 is 0 Å². The zero-order chi connectivity index (χ0) is 19.5. The van der Waals surface area contributed by atoms with Crippen LogP contribution in [0.5, 0.6) is 0 Å². The van der Waals surface area contributed by atoms with E-state index in [-0.39, 0.29) is 11.8 Å². The van der Waals surface area contributed by atoms with Crippen molar-refractivity contribution >= 4 is 22.8 Å². The van der Waals surface area contributed by atoms with E-state index in [0.29, 0.717) is 18.8 Å². The molecule has 1 aliphatic heterocycles. The number of nitrogens with one attached hydrogen (secondary N) is 1. The van der Waals surface area contributed by atoms with Crippen molar-refractivity contribution in [1.82, 2.24) is 20.4 Å². The lowest BCUT2D eigenvalue weighted by atomic mass is 9.96. The molecule has 1 N–H and O–H groups in total. The molecule has 3 heterocycles. The number of carbonyl (C=O) groups is 1. The number of aryl methyl sites for hydroxylation is 2. The van der Waals surface area contributed by atoms with Crippen molar-refractivity contribution < 1.29 is 9.32 Å². The van der Waals surface area contributed by atoms with Crippen molar-refractivity contribution in [3.8, 4) is 0 Å². The smallest absolute Gasteiger partial charge is 0.263 e. The van der Waals surface area contributed by atoms with Crippen LogP contribution < -0.4 is 10.2 Å². The van der Waals surface area contributed by atoms with Gasteiger partial charge in [0.15, 0.2) is 0 Å². The van der Waals surface area contributed by atoms with Gasteiger partial charge in [0.05, 0.1) is 11.6 Å². The summed E-state index contributed by atoms with van der Waals surface area (Å²) in [5.41, 5.74) is 3.69. The number of amides is 1. The summed E-state index contributed by atoms with van der Waals surface area (Å²) in [6.45, 7) is 6.15. The van der Waals surface area contributed by atoms with Gasteiger partial charge < -0.3 is 14.7 Å². The number of rotatable bonds is 5. The maximum absolute atomic E-state index is 12.8. The van der Waals surface area contributed by atoms with Crippen LogP contribution in [-0.2, 0) is 17.8 Å². The van der Waals surface area contributed by atoms with E-state index in [9.17, 15) is 4.79 Å². The molecule has 2 aromatic heterocycles. The van der Waals surface area contributed by atoms with Crippen LogP contribution in [0.4, 0.5) is 5.82 Å². The molecule has 4 rings (SSSR count). The first-order chi connectivity index (χ1) is 13.7. The summed E-state index contributed by atoms with van der Waals surface area (Å²) in [5.74, 6) is 0.852. The number of carbonyl (C=O) groups excluding carboxylic acids is 1. The largest absolute Gasteiger partial charge is 0.355 e. The maximum Gasteiger partial charge on any atom is 0.263 e. The fourth-order valence-electron chi connectivity index (χ4n) is 3.73. The molecule has 7 nitrogen and oxygen atoms in total. The quantitative estimate of drug-likeness (QED) is 0.734. The average molecular weight is 379 g/mol. The Morgan fingerprint density at radius 2 is 2.11 bits per heavy atom. The third-order valence-corrected chi connectivity index (χ3v) is 5.34. The van der Waals surface area contributed by atoms with Gasteiger partial charge in [0.2, 0.25) is 5.91 Å². The highest BCUT2D eigenvalue weighted by Gasteiger charge is 2.28. The summed E-state index contributed by atoms with van der Waals surface area (Å²) >= 11 is 0. The van der Waals surface area contributed by atoms with Crippen LogP contribution in [0.1, 0.15) is 36.6 Å². The van der Waals surface area contributed by atoms with Gasteiger partial charge in [-0.05, 0) is 31.7 Å². The molecule has 1 fully saturated rings. The van der Waals surface area contributed by atoms with Gasteiger partial charge in [-0.1, -0.05) is 41.9 Å². The van der Waals surface area contributed by atoms with Gasteiger partial charge in [0.1, 0.15) is 17.5 Å². The summed E-state index contributed by atoms with van der Waals surface area (Å²) in [4.78, 5) is 23.6. The molecule has 28 heavy (non-hydrogen) atoms. The van der Waals surface area contributed by atoms with Crippen molar-refractivity contribution in [3.63, 3.8) is 0 Å². The molecule has 0 bridgehead atoms. The molecule has 1 atom stereocenters. The molecule has 0 radical (unpaired) electrons. The Morgan fingerprint density at radius 3 is 2.89 bits per heavy atom. The Hall–Kier alpha value is -2.96. The first-order valence-corrected chi connectivity index (χ1v) is 9.83. The molecule has 0 aliphatic carbocycles. The standard InChI is InChI=1S/C21H25N5O2/c1-3-17-18-19(23-13-24-21(18)28-25-17)26-10-4-5-16(12-26)20(27)22-11-15-8-6-14(2)7-9-15/h6-9,13,16H,3-5,10-12H2,1-2H3,(H,22,27)/t16-/m0/s1. The molecule has 0 unspecified atom stereocenters. The lowest BCUT2D eigenvalue weighted by molar-refractivity contribution is -0.125. The summed E-state index contributed by atoms with van der Waals surface area (Å²) in [7, 11) is 0. The molecule has 7 heteroatoms. The Balaban J connectivity index is 1.46. The van der Waals surface area contributed by atoms with Crippen molar-refractivity contribution in [2.24, 2.45) is 5.92 Å². The van der Waals surface area contributed by atoms with Crippen LogP contribution in [0.3, 0.4) is 0 Å². The minimum absolute atomic E-state index is 0.0610. The van der Waals surface area contributed by atoms with Gasteiger partial charge in [-0.15, -0.1) is 0 Å². The topological polar surface area (TPSA) is 84.2 Å². The highest BCUT2D eigenvalue weighted by Crippen LogP contribution is 2.30. The monoisotopic (exact) mass is 379 g/mol. The third kappa shape index (κ3) is 3.69. The Kier molecular flexibility index (Phi) is 5.23. The third-order valence-electron chi connectivity index (χ3n) is 5.34. The summed E-state index contributed by atoms with van der Waals surface area (Å²) in [6, 6.07) is 8.24. The van der Waals surface area contributed by atoms with Crippen LogP contribution in [0.2, 0.25) is 0 Å². The Labute approximate surface area is 164 Å². The van der Waals surface area contributed by atoms with Gasteiger partial charge in [0, 0.05) is 19.6 Å². The number of aromatic nitrogens is 3. The molecular formula is C21H25N5O2. The highest BCUT2D eigenvalue weighted by atomic mass is 16.5. The lowest BCUT2D eigenvalue weighted by Crippen LogP contribution is -2.43. The van der Waals surface area contributed by atoms with Crippen LogP contribution in [-0.4, -0.2) is 34.1 Å². The maximum atomic E-state index is 12.8. The molecule has 146 valence electrons. The number of nitrogens with zero attached hydrogens (tertiary/aromatic N) is 4. The number of fused-ring (bicyclic) bond motifs is 1. The van der Waals surface area contributed by atoms with E-state index in [1.807, 2.05) is 6.92 Å². The summed E-state index contributed by atoms with van der Waals surface area (Å²) < 4.78 is 5.33. The van der Waals surface area contributed by atoms with Crippen LogP contribution >= 0.6 is 0 Å². The summed E-state index contributed by atoms with van der Waals surface area (Å²) in [6.07, 6.45) is 4.08. The van der Waals surface area contributed by atoms with Crippen molar-refractivity contribution in [3.05, 3.63) is 47.4 Å². The molecule has 0 spiro atoms. The second-order valence-corrected chi connectivity index (χ2v) is 7.35. The van der Waals surface area contributed by atoms with E-state index in [0.717, 1.165) is 48.3 Å². The van der Waals surface area contributed by atoms with Gasteiger partial charge in [-0.2, -0.15) is 4.98 Å². The molecule has 3 aromatic rings. The number of hydrogen-bond acceptors (Lipinski definition) is 6. The Morgan fingerprint density at radius 1 is 1.29 bits per heavy atom. The van der Waals surface area contributed by atoms with Crippen molar-refractivity contribution in [2.75, 3.05) is 18.0 Å². The Bertz CT molecular complexity index is 967. The normalized spacial score (nSPS) is 17.1. The first-order valence-electron chi connectivity index (χ1n) is 9.83. The molecule has 1 saturated heterocycles. The number of benzene rings is 1. The van der Waals surface area contributed by atoms with Crippen LogP contribution in [0.25, 0.3) is 11.1 Å².